The van der Waals surface area contributed by atoms with E-state index < -0.39 is 11.4 Å². The quantitative estimate of drug-likeness (QED) is 0.829. The van der Waals surface area contributed by atoms with Gasteiger partial charge in [0.05, 0.1) is 5.41 Å². The van der Waals surface area contributed by atoms with Crippen LogP contribution in [0.5, 0.6) is 0 Å². The van der Waals surface area contributed by atoms with Gasteiger partial charge in [0.2, 0.25) is 0 Å². The van der Waals surface area contributed by atoms with Crippen LogP contribution in [0.25, 0.3) is 0 Å². The molecule has 0 atom stereocenters. The van der Waals surface area contributed by atoms with Gasteiger partial charge in [0.1, 0.15) is 0 Å². The van der Waals surface area contributed by atoms with Crippen LogP contribution in [0.4, 0.5) is 0 Å². The Morgan fingerprint density at radius 1 is 1.29 bits per heavy atom. The van der Waals surface area contributed by atoms with Crippen LogP contribution in [0.3, 0.4) is 0 Å². The number of rotatable bonds is 4. The molecular formula is C13H15NO3. The fraction of sp³-hybridized carbons (Fsp3) is 0.385. The summed E-state index contributed by atoms with van der Waals surface area (Å²) in [6.45, 7) is 2.17. The molecule has 0 saturated heterocycles. The zero-order valence-electron chi connectivity index (χ0n) is 9.69. The molecular weight excluding hydrogens is 218 g/mol. The Kier molecular flexibility index (Phi) is 2.88. The summed E-state index contributed by atoms with van der Waals surface area (Å²) < 4.78 is 0. The van der Waals surface area contributed by atoms with Crippen molar-refractivity contribution in [2.24, 2.45) is 5.41 Å². The fourth-order valence-electron chi connectivity index (χ4n) is 1.67. The summed E-state index contributed by atoms with van der Waals surface area (Å²) in [7, 11) is 0. The molecule has 0 aliphatic heterocycles. The second-order valence-corrected chi connectivity index (χ2v) is 4.63. The van der Waals surface area contributed by atoms with Gasteiger partial charge in [0.25, 0.3) is 5.91 Å². The van der Waals surface area contributed by atoms with Crippen molar-refractivity contribution in [2.75, 3.05) is 6.54 Å². The Bertz CT molecular complexity index is 446. The molecule has 1 saturated carbocycles. The third kappa shape index (κ3) is 2.46. The van der Waals surface area contributed by atoms with Crippen molar-refractivity contribution in [3.8, 4) is 0 Å². The molecule has 4 nitrogen and oxygen atoms in total. The molecule has 0 heterocycles. The third-order valence-electron chi connectivity index (χ3n) is 3.21. The first-order chi connectivity index (χ1) is 8.03. The van der Waals surface area contributed by atoms with E-state index in [4.69, 9.17) is 5.11 Å². The maximum absolute atomic E-state index is 11.7. The van der Waals surface area contributed by atoms with Crippen molar-refractivity contribution in [1.29, 1.82) is 0 Å². The molecule has 17 heavy (non-hydrogen) atoms. The Balaban J connectivity index is 1.94. The molecule has 0 spiro atoms. The molecule has 2 N–H and O–H groups in total. The largest absolute Gasteiger partial charge is 0.481 e. The molecule has 0 unspecified atom stereocenters. The van der Waals surface area contributed by atoms with Crippen molar-refractivity contribution in [1.82, 2.24) is 5.32 Å². The number of hydrogen-bond donors (Lipinski definition) is 2. The lowest BCUT2D eigenvalue weighted by Crippen LogP contribution is -2.34. The van der Waals surface area contributed by atoms with E-state index in [1.165, 1.54) is 0 Å². The number of aryl methyl sites for hydroxylation is 1. The fourth-order valence-corrected chi connectivity index (χ4v) is 1.67. The van der Waals surface area contributed by atoms with Crippen LogP contribution in [0, 0.1) is 12.3 Å². The zero-order chi connectivity index (χ0) is 12.5. The summed E-state index contributed by atoms with van der Waals surface area (Å²) in [4.78, 5) is 22.7. The van der Waals surface area contributed by atoms with E-state index in [0.29, 0.717) is 18.4 Å². The van der Waals surface area contributed by atoms with Gasteiger partial charge in [-0.1, -0.05) is 17.7 Å². The number of carbonyl (C=O) groups excluding carboxylic acids is 1. The van der Waals surface area contributed by atoms with Crippen LogP contribution in [0.15, 0.2) is 24.3 Å². The minimum absolute atomic E-state index is 0.211. The number of benzene rings is 1. The first-order valence-corrected chi connectivity index (χ1v) is 5.62. The zero-order valence-corrected chi connectivity index (χ0v) is 9.69. The van der Waals surface area contributed by atoms with E-state index in [0.717, 1.165) is 5.56 Å². The third-order valence-corrected chi connectivity index (χ3v) is 3.21. The van der Waals surface area contributed by atoms with Gasteiger partial charge < -0.3 is 10.4 Å². The molecule has 2 rings (SSSR count). The molecule has 0 bridgehead atoms. The van der Waals surface area contributed by atoms with Crippen molar-refractivity contribution in [2.45, 2.75) is 19.8 Å². The number of nitrogens with one attached hydrogen (secondary N) is 1. The van der Waals surface area contributed by atoms with Gasteiger partial charge in [0.15, 0.2) is 0 Å². The van der Waals surface area contributed by atoms with Crippen molar-refractivity contribution >= 4 is 11.9 Å². The molecule has 1 aliphatic rings. The topological polar surface area (TPSA) is 66.4 Å². The van der Waals surface area contributed by atoms with Crippen LogP contribution in [0.1, 0.15) is 28.8 Å². The average Bonchev–Trinajstić information content (AvgIpc) is 3.08. The lowest BCUT2D eigenvalue weighted by Gasteiger charge is -2.11. The van der Waals surface area contributed by atoms with E-state index in [9.17, 15) is 9.59 Å². The normalized spacial score (nSPS) is 16.3. The molecule has 1 aliphatic carbocycles. The van der Waals surface area contributed by atoms with Gasteiger partial charge in [-0.25, -0.2) is 0 Å². The summed E-state index contributed by atoms with van der Waals surface area (Å²) in [5, 5.41) is 11.7. The monoisotopic (exact) mass is 233 g/mol. The minimum atomic E-state index is -0.818. The molecule has 4 heteroatoms. The van der Waals surface area contributed by atoms with E-state index in [1.807, 2.05) is 19.1 Å². The lowest BCUT2D eigenvalue weighted by molar-refractivity contribution is -0.143. The van der Waals surface area contributed by atoms with E-state index in [1.54, 1.807) is 12.1 Å². The highest BCUT2D eigenvalue weighted by Crippen LogP contribution is 2.45. The maximum atomic E-state index is 11.7. The predicted octanol–water partition coefficient (Wildman–Crippen LogP) is 1.59. The van der Waals surface area contributed by atoms with Gasteiger partial charge in [-0.05, 0) is 31.9 Å². The standard InChI is InChI=1S/C13H15NO3/c1-9-2-4-10(5-3-9)11(15)14-8-13(6-7-13)12(16)17/h2-5H,6-8H2,1H3,(H,14,15)(H,16,17). The Hall–Kier alpha value is -1.84. The molecule has 90 valence electrons. The molecule has 1 fully saturated rings. The maximum Gasteiger partial charge on any atom is 0.311 e. The van der Waals surface area contributed by atoms with Crippen LogP contribution >= 0.6 is 0 Å². The van der Waals surface area contributed by atoms with Gasteiger partial charge >= 0.3 is 5.97 Å². The summed E-state index contributed by atoms with van der Waals surface area (Å²) >= 11 is 0. The second-order valence-electron chi connectivity index (χ2n) is 4.63. The first-order valence-electron chi connectivity index (χ1n) is 5.62. The number of carbonyl (C=O) groups is 2. The Morgan fingerprint density at radius 3 is 2.35 bits per heavy atom. The number of carboxylic acid groups (broad SMARTS) is 1. The highest BCUT2D eigenvalue weighted by molar-refractivity contribution is 5.94. The Morgan fingerprint density at radius 2 is 1.88 bits per heavy atom. The minimum Gasteiger partial charge on any atom is -0.481 e. The van der Waals surface area contributed by atoms with E-state index in [-0.39, 0.29) is 12.5 Å². The van der Waals surface area contributed by atoms with Gasteiger partial charge in [-0.15, -0.1) is 0 Å². The van der Waals surface area contributed by atoms with E-state index >= 15 is 0 Å². The summed E-state index contributed by atoms with van der Waals surface area (Å²) in [6, 6.07) is 7.20. The number of aliphatic carboxylic acids is 1. The highest BCUT2D eigenvalue weighted by atomic mass is 16.4. The second kappa shape index (κ2) is 4.20. The smallest absolute Gasteiger partial charge is 0.311 e. The molecule has 1 aromatic rings. The van der Waals surface area contributed by atoms with Crippen LogP contribution in [-0.4, -0.2) is 23.5 Å². The number of carboxylic acids is 1. The summed E-state index contributed by atoms with van der Waals surface area (Å²) in [6.07, 6.45) is 1.30. The molecule has 0 radical (unpaired) electrons. The SMILES string of the molecule is Cc1ccc(C(=O)NCC2(C(=O)O)CC2)cc1. The highest BCUT2D eigenvalue weighted by Gasteiger charge is 2.50. The predicted molar refractivity (Wildman–Crippen MR) is 62.8 cm³/mol. The summed E-state index contributed by atoms with van der Waals surface area (Å²) in [5.74, 6) is -1.03. The van der Waals surface area contributed by atoms with E-state index in [2.05, 4.69) is 5.32 Å². The van der Waals surface area contributed by atoms with Gasteiger partial charge in [0, 0.05) is 12.1 Å². The molecule has 1 amide bonds. The van der Waals surface area contributed by atoms with Crippen molar-refractivity contribution in [3.63, 3.8) is 0 Å². The summed E-state index contributed by atoms with van der Waals surface area (Å²) in [5.41, 5.74) is 0.947. The van der Waals surface area contributed by atoms with Gasteiger partial charge in [-0.3, -0.25) is 9.59 Å². The molecule has 0 aromatic heterocycles. The molecule has 1 aromatic carbocycles. The van der Waals surface area contributed by atoms with Crippen molar-refractivity contribution in [3.05, 3.63) is 35.4 Å². The Labute approximate surface area is 99.6 Å². The van der Waals surface area contributed by atoms with Crippen molar-refractivity contribution < 1.29 is 14.7 Å². The van der Waals surface area contributed by atoms with Crippen LogP contribution < -0.4 is 5.32 Å². The van der Waals surface area contributed by atoms with Crippen LogP contribution in [-0.2, 0) is 4.79 Å². The number of amides is 1. The first kappa shape index (κ1) is 11.6. The number of hydrogen-bond acceptors (Lipinski definition) is 2. The lowest BCUT2D eigenvalue weighted by atomic mass is 10.1. The van der Waals surface area contributed by atoms with Crippen LogP contribution in [0.2, 0.25) is 0 Å². The average molecular weight is 233 g/mol. The van der Waals surface area contributed by atoms with Gasteiger partial charge in [-0.2, -0.15) is 0 Å².